The summed E-state index contributed by atoms with van der Waals surface area (Å²) in [4.78, 5) is 5.29. The zero-order valence-electron chi connectivity index (χ0n) is 16.9. The Morgan fingerprint density at radius 3 is 1.59 bits per heavy atom. The molecule has 0 rings (SSSR count). The van der Waals surface area contributed by atoms with E-state index in [1.807, 2.05) is 0 Å². The third kappa shape index (κ3) is 9.82. The minimum atomic E-state index is -1.21. The summed E-state index contributed by atoms with van der Waals surface area (Å²) in [6.07, 6.45) is 2.91. The Morgan fingerprint density at radius 1 is 0.727 bits per heavy atom. The van der Waals surface area contributed by atoms with Crippen LogP contribution in [0.25, 0.3) is 0 Å². The molecule has 132 valence electrons. The molecule has 0 saturated carbocycles. The summed E-state index contributed by atoms with van der Waals surface area (Å²) in [6, 6.07) is 2.10. The first-order chi connectivity index (χ1) is 10.3. The van der Waals surface area contributed by atoms with E-state index in [0.717, 1.165) is 0 Å². The first-order valence-electron chi connectivity index (χ1n) is 9.83. The molecular weight excluding hydrogens is 371 g/mol. The van der Waals surface area contributed by atoms with E-state index in [1.54, 1.807) is 12.5 Å². The van der Waals surface area contributed by atoms with Crippen LogP contribution in [0.3, 0.4) is 0 Å². The molecule has 0 atom stereocenters. The van der Waals surface area contributed by atoms with Gasteiger partial charge in [-0.05, 0) is 0 Å². The maximum absolute atomic E-state index is 2.66. The number of hydrogen-bond acceptors (Lipinski definition) is 2. The fraction of sp³-hybridized carbons (Fsp3) is 1.00. The predicted octanol–water partition coefficient (Wildman–Crippen LogP) is 5.13. The molecular formula is C19H43InN2. The van der Waals surface area contributed by atoms with Gasteiger partial charge in [-0.2, -0.15) is 0 Å². The zero-order valence-corrected chi connectivity index (χ0v) is 20.2. The third-order valence-electron chi connectivity index (χ3n) is 5.13. The van der Waals surface area contributed by atoms with Crippen LogP contribution in [0.15, 0.2) is 0 Å². The fourth-order valence-electron chi connectivity index (χ4n) is 3.59. The molecule has 0 heterocycles. The predicted molar refractivity (Wildman–Crippen MR) is 104 cm³/mol. The number of nitrogens with zero attached hydrogens (tertiary/aromatic N) is 2. The van der Waals surface area contributed by atoms with Crippen LogP contribution in [-0.2, 0) is 0 Å². The quantitative estimate of drug-likeness (QED) is 0.412. The van der Waals surface area contributed by atoms with Crippen molar-refractivity contribution < 1.29 is 0 Å². The van der Waals surface area contributed by atoms with Gasteiger partial charge in [0.25, 0.3) is 0 Å². The molecule has 0 spiro atoms. The van der Waals surface area contributed by atoms with Gasteiger partial charge in [-0.3, -0.25) is 0 Å². The van der Waals surface area contributed by atoms with Gasteiger partial charge in [0.15, 0.2) is 0 Å². The average molecular weight is 414 g/mol. The first-order valence-corrected chi connectivity index (χ1v) is 16.8. The van der Waals surface area contributed by atoms with Gasteiger partial charge in [0, 0.05) is 0 Å². The van der Waals surface area contributed by atoms with Crippen LogP contribution >= 0.6 is 0 Å². The Labute approximate surface area is 149 Å². The van der Waals surface area contributed by atoms with Crippen molar-refractivity contribution in [2.75, 3.05) is 19.6 Å². The van der Waals surface area contributed by atoms with Gasteiger partial charge < -0.3 is 0 Å². The SMILES string of the molecule is CCN(CC[CH2][In]([CH2]C)[CH2]CCN(C(C)C)C(C)C)C(C)C. The van der Waals surface area contributed by atoms with Crippen LogP contribution in [0.4, 0.5) is 0 Å². The minimum absolute atomic E-state index is 0.694. The van der Waals surface area contributed by atoms with Crippen LogP contribution in [0.2, 0.25) is 12.5 Å². The van der Waals surface area contributed by atoms with E-state index in [0.29, 0.717) is 18.1 Å². The van der Waals surface area contributed by atoms with E-state index in [4.69, 9.17) is 0 Å². The molecule has 0 aromatic rings. The first kappa shape index (κ1) is 22.8. The Hall–Kier alpha value is 0.790. The Morgan fingerprint density at radius 2 is 1.23 bits per heavy atom. The Bertz CT molecular complexity index is 246. The van der Waals surface area contributed by atoms with Crippen molar-refractivity contribution in [2.45, 2.75) is 98.9 Å². The van der Waals surface area contributed by atoms with E-state index in [-0.39, 0.29) is 0 Å². The van der Waals surface area contributed by atoms with E-state index in [2.05, 4.69) is 65.2 Å². The molecule has 0 amide bonds. The summed E-state index contributed by atoms with van der Waals surface area (Å²) >= 11 is -1.21. The monoisotopic (exact) mass is 414 g/mol. The van der Waals surface area contributed by atoms with Crippen LogP contribution < -0.4 is 0 Å². The molecule has 0 aromatic carbocycles. The van der Waals surface area contributed by atoms with Gasteiger partial charge in [-0.15, -0.1) is 0 Å². The standard InChI is InChI=1S/C9H20N.C8H18N.C2H5.In/c1-6-7-10(8(2)3)9(4)5;1-5-7-9(6-2)8(3)4;1-2;/h8-9H,1,6-7H2,2-5H3;8H,1,5-7H2,2-4H3;1H2,2H3;. The second kappa shape index (κ2) is 13.1. The van der Waals surface area contributed by atoms with E-state index in [1.165, 1.54) is 32.5 Å². The van der Waals surface area contributed by atoms with Crippen molar-refractivity contribution in [3.8, 4) is 0 Å². The summed E-state index contributed by atoms with van der Waals surface area (Å²) < 4.78 is 4.78. The summed E-state index contributed by atoms with van der Waals surface area (Å²) in [6.45, 7) is 22.6. The molecule has 22 heavy (non-hydrogen) atoms. The molecule has 0 aliphatic heterocycles. The molecule has 0 aliphatic carbocycles. The summed E-state index contributed by atoms with van der Waals surface area (Å²) in [5.41, 5.74) is 0. The van der Waals surface area contributed by atoms with E-state index in [9.17, 15) is 0 Å². The average Bonchev–Trinajstić information content (AvgIpc) is 2.44. The zero-order chi connectivity index (χ0) is 17.1. The maximum atomic E-state index is 2.66. The van der Waals surface area contributed by atoms with Crippen molar-refractivity contribution in [1.29, 1.82) is 0 Å². The second-order valence-electron chi connectivity index (χ2n) is 7.71. The van der Waals surface area contributed by atoms with Crippen LogP contribution in [0.5, 0.6) is 0 Å². The van der Waals surface area contributed by atoms with Crippen molar-refractivity contribution in [1.82, 2.24) is 9.80 Å². The summed E-state index contributed by atoms with van der Waals surface area (Å²) in [5, 5.41) is 0. The van der Waals surface area contributed by atoms with Crippen molar-refractivity contribution in [3.05, 3.63) is 0 Å². The molecule has 3 heteroatoms. The third-order valence-corrected chi connectivity index (χ3v) is 15.4. The van der Waals surface area contributed by atoms with Gasteiger partial charge in [0.05, 0.1) is 0 Å². The molecule has 0 N–H and O–H groups in total. The molecule has 0 saturated heterocycles. The van der Waals surface area contributed by atoms with Gasteiger partial charge in [-0.1, -0.05) is 0 Å². The normalized spacial score (nSPS) is 12.4. The summed E-state index contributed by atoms with van der Waals surface area (Å²) in [7, 11) is 0. The molecule has 0 fully saturated rings. The van der Waals surface area contributed by atoms with Crippen LogP contribution in [0, 0.1) is 0 Å². The van der Waals surface area contributed by atoms with Crippen molar-refractivity contribution in [2.24, 2.45) is 0 Å². The molecule has 0 unspecified atom stereocenters. The van der Waals surface area contributed by atoms with Crippen LogP contribution in [-0.4, -0.2) is 69.0 Å². The topological polar surface area (TPSA) is 6.48 Å². The summed E-state index contributed by atoms with van der Waals surface area (Å²) in [5.74, 6) is 0. The van der Waals surface area contributed by atoms with Gasteiger partial charge in [-0.25, -0.2) is 0 Å². The van der Waals surface area contributed by atoms with E-state index < -0.39 is 21.4 Å². The second-order valence-corrected chi connectivity index (χ2v) is 18.3. The Balaban J connectivity index is 4.01. The van der Waals surface area contributed by atoms with Gasteiger partial charge >= 0.3 is 150 Å². The number of hydrogen-bond donors (Lipinski definition) is 0. The van der Waals surface area contributed by atoms with Crippen molar-refractivity contribution in [3.63, 3.8) is 0 Å². The number of rotatable bonds is 13. The molecule has 2 nitrogen and oxygen atoms in total. The molecule has 0 bridgehead atoms. The molecule has 0 radical (unpaired) electrons. The van der Waals surface area contributed by atoms with Crippen molar-refractivity contribution >= 4 is 21.4 Å². The van der Waals surface area contributed by atoms with E-state index >= 15 is 0 Å². The van der Waals surface area contributed by atoms with Gasteiger partial charge in [0.2, 0.25) is 0 Å². The molecule has 0 aliphatic rings. The molecule has 0 aromatic heterocycles. The van der Waals surface area contributed by atoms with Gasteiger partial charge in [0.1, 0.15) is 0 Å². The fourth-order valence-corrected chi connectivity index (χ4v) is 11.1. The van der Waals surface area contributed by atoms with Crippen LogP contribution in [0.1, 0.15) is 68.2 Å². The Kier molecular flexibility index (Phi) is 13.6.